The molecule has 1 spiro atoms. The van der Waals surface area contributed by atoms with Gasteiger partial charge in [0.2, 0.25) is 0 Å². The zero-order valence-corrected chi connectivity index (χ0v) is 18.0. The zero-order valence-electron chi connectivity index (χ0n) is 17.2. The first-order valence-electron chi connectivity index (χ1n) is 9.74. The predicted octanol–water partition coefficient (Wildman–Crippen LogP) is 5.59. The third-order valence-corrected chi connectivity index (χ3v) is 5.21. The van der Waals surface area contributed by atoms with Crippen LogP contribution in [-0.4, -0.2) is 22.3 Å². The van der Waals surface area contributed by atoms with Gasteiger partial charge in [0.15, 0.2) is 10.9 Å². The van der Waals surface area contributed by atoms with E-state index >= 15 is 0 Å². The summed E-state index contributed by atoms with van der Waals surface area (Å²) in [6, 6.07) is 1.84. The number of alkyl carbamates (subject to hydrolysis) is 1. The number of ether oxygens (including phenoxy) is 2. The number of rotatable bonds is 2. The number of nitrogens with one attached hydrogen (secondary N) is 1. The summed E-state index contributed by atoms with van der Waals surface area (Å²) in [5, 5.41) is 3.43. The Hall–Kier alpha value is -1.49. The van der Waals surface area contributed by atoms with E-state index in [0.717, 1.165) is 43.4 Å². The van der Waals surface area contributed by atoms with Crippen molar-refractivity contribution in [1.29, 1.82) is 0 Å². The van der Waals surface area contributed by atoms with Crippen molar-refractivity contribution in [3.05, 3.63) is 22.5 Å². The number of fused-ring (bicyclic) bond motifs is 1. The molecule has 1 aliphatic carbocycles. The summed E-state index contributed by atoms with van der Waals surface area (Å²) in [6.45, 7) is 12.1. The van der Waals surface area contributed by atoms with Crippen molar-refractivity contribution < 1.29 is 14.3 Å². The van der Waals surface area contributed by atoms with Crippen LogP contribution >= 0.6 is 11.6 Å². The molecule has 0 aromatic carbocycles. The van der Waals surface area contributed by atoms with E-state index in [-0.39, 0.29) is 17.1 Å². The summed E-state index contributed by atoms with van der Waals surface area (Å²) in [5.74, 6) is 0.612. The average Bonchev–Trinajstić information content (AvgIpc) is 2.42. The highest BCUT2D eigenvalue weighted by molar-refractivity contribution is 6.31. The summed E-state index contributed by atoms with van der Waals surface area (Å²) < 4.78 is 11.8. The topological polar surface area (TPSA) is 60.5 Å². The fraction of sp³-hybridized carbons (Fsp3) is 0.714. The number of aromatic nitrogens is 1. The van der Waals surface area contributed by atoms with Gasteiger partial charge >= 0.3 is 6.09 Å². The molecule has 1 saturated carbocycles. The van der Waals surface area contributed by atoms with E-state index in [9.17, 15) is 4.79 Å². The molecular formula is C21H31ClN2O3. The smallest absolute Gasteiger partial charge is 0.408 e. The third kappa shape index (κ3) is 4.87. The second-order valence-corrected chi connectivity index (χ2v) is 10.5. The Balaban J connectivity index is 1.92. The first kappa shape index (κ1) is 20.2. The van der Waals surface area contributed by atoms with Crippen molar-refractivity contribution in [3.8, 4) is 5.75 Å². The van der Waals surface area contributed by atoms with Gasteiger partial charge in [-0.25, -0.2) is 9.78 Å². The molecule has 1 N–H and O–H groups in total. The molecule has 150 valence electrons. The lowest BCUT2D eigenvalue weighted by Crippen LogP contribution is -2.50. The molecule has 1 aliphatic heterocycles. The van der Waals surface area contributed by atoms with Crippen LogP contribution in [0.3, 0.4) is 0 Å². The molecule has 0 radical (unpaired) electrons. The van der Waals surface area contributed by atoms with E-state index in [1.165, 1.54) is 0 Å². The molecule has 1 aromatic rings. The molecule has 1 amide bonds. The van der Waals surface area contributed by atoms with E-state index in [1.807, 2.05) is 26.8 Å². The standard InChI is InChI=1S/C21H31ClN2O3/c1-19(2,3)11-13-10-14-15(24-18(25)27-20(4,5)6)12-21(8-7-9-21)26-16(14)17(22)23-13/h10,15H,7-9,11-12H2,1-6H3,(H,24,25)/t15-/m0/s1. The number of carbonyl (C=O) groups is 1. The zero-order chi connectivity index (χ0) is 20.0. The second-order valence-electron chi connectivity index (χ2n) is 10.1. The number of halogens is 1. The number of hydrogen-bond donors (Lipinski definition) is 1. The molecule has 6 heteroatoms. The Morgan fingerprint density at radius 2 is 2.00 bits per heavy atom. The Labute approximate surface area is 167 Å². The average molecular weight is 395 g/mol. The maximum atomic E-state index is 12.4. The largest absolute Gasteiger partial charge is 0.484 e. The van der Waals surface area contributed by atoms with Crippen LogP contribution in [-0.2, 0) is 11.2 Å². The minimum Gasteiger partial charge on any atom is -0.484 e. The fourth-order valence-corrected chi connectivity index (χ4v) is 4.02. The summed E-state index contributed by atoms with van der Waals surface area (Å²) in [7, 11) is 0. The SMILES string of the molecule is CC(C)(C)Cc1cc2c(c(Cl)n1)OC1(CCC1)C[C@@H]2NC(=O)OC(C)(C)C. The number of amides is 1. The summed E-state index contributed by atoms with van der Waals surface area (Å²) in [4.78, 5) is 17.0. The van der Waals surface area contributed by atoms with Crippen LogP contribution < -0.4 is 10.1 Å². The van der Waals surface area contributed by atoms with Crippen molar-refractivity contribution >= 4 is 17.7 Å². The van der Waals surface area contributed by atoms with Gasteiger partial charge in [0.05, 0.1) is 6.04 Å². The Morgan fingerprint density at radius 1 is 1.33 bits per heavy atom. The van der Waals surface area contributed by atoms with Crippen LogP contribution in [0.15, 0.2) is 6.07 Å². The molecule has 5 nitrogen and oxygen atoms in total. The molecule has 2 heterocycles. The van der Waals surface area contributed by atoms with Crippen LogP contribution in [0.25, 0.3) is 0 Å². The number of nitrogens with zero attached hydrogens (tertiary/aromatic N) is 1. The monoisotopic (exact) mass is 394 g/mol. The van der Waals surface area contributed by atoms with Crippen molar-refractivity contribution in [2.24, 2.45) is 5.41 Å². The predicted molar refractivity (Wildman–Crippen MR) is 106 cm³/mol. The normalized spacial score (nSPS) is 21.1. The molecule has 0 bridgehead atoms. The van der Waals surface area contributed by atoms with Gasteiger partial charge in [-0.3, -0.25) is 0 Å². The first-order valence-corrected chi connectivity index (χ1v) is 10.1. The number of hydrogen-bond acceptors (Lipinski definition) is 4. The quantitative estimate of drug-likeness (QED) is 0.663. The van der Waals surface area contributed by atoms with Crippen molar-refractivity contribution in [2.45, 2.75) is 90.9 Å². The molecule has 2 aliphatic rings. The van der Waals surface area contributed by atoms with Gasteiger partial charge in [-0.05, 0) is 57.9 Å². The highest BCUT2D eigenvalue weighted by atomic mass is 35.5. The minimum atomic E-state index is -0.542. The van der Waals surface area contributed by atoms with Crippen molar-refractivity contribution in [2.75, 3.05) is 0 Å². The molecule has 3 rings (SSSR count). The third-order valence-electron chi connectivity index (χ3n) is 4.95. The van der Waals surface area contributed by atoms with Crippen LogP contribution in [0.5, 0.6) is 5.75 Å². The van der Waals surface area contributed by atoms with Crippen LogP contribution in [0.4, 0.5) is 4.79 Å². The molecule has 1 fully saturated rings. The summed E-state index contributed by atoms with van der Waals surface area (Å²) in [6.07, 6.45) is 4.18. The molecule has 0 unspecified atom stereocenters. The Bertz CT molecular complexity index is 730. The van der Waals surface area contributed by atoms with Gasteiger partial charge in [-0.1, -0.05) is 32.4 Å². The summed E-state index contributed by atoms with van der Waals surface area (Å²) in [5.41, 5.74) is 1.11. The lowest BCUT2D eigenvalue weighted by molar-refractivity contribution is -0.0381. The fourth-order valence-electron chi connectivity index (χ4n) is 3.76. The molecule has 1 atom stereocenters. The van der Waals surface area contributed by atoms with E-state index < -0.39 is 11.7 Å². The van der Waals surface area contributed by atoms with Crippen LogP contribution in [0.1, 0.15) is 84.5 Å². The van der Waals surface area contributed by atoms with E-state index in [4.69, 9.17) is 21.1 Å². The van der Waals surface area contributed by atoms with Gasteiger partial charge in [0.1, 0.15) is 11.2 Å². The molecule has 1 aromatic heterocycles. The van der Waals surface area contributed by atoms with Crippen molar-refractivity contribution in [1.82, 2.24) is 10.3 Å². The lowest BCUT2D eigenvalue weighted by atomic mass is 9.73. The van der Waals surface area contributed by atoms with Crippen LogP contribution in [0, 0.1) is 5.41 Å². The minimum absolute atomic E-state index is 0.0867. The maximum Gasteiger partial charge on any atom is 0.408 e. The van der Waals surface area contributed by atoms with Gasteiger partial charge in [-0.15, -0.1) is 0 Å². The number of carbonyl (C=O) groups excluding carboxylic acids is 1. The highest BCUT2D eigenvalue weighted by Crippen LogP contribution is 2.51. The maximum absolute atomic E-state index is 12.4. The Kier molecular flexibility index (Phi) is 5.13. The highest BCUT2D eigenvalue weighted by Gasteiger charge is 2.47. The summed E-state index contributed by atoms with van der Waals surface area (Å²) >= 11 is 6.51. The van der Waals surface area contributed by atoms with E-state index in [1.54, 1.807) is 0 Å². The van der Waals surface area contributed by atoms with Gasteiger partial charge in [-0.2, -0.15) is 0 Å². The van der Waals surface area contributed by atoms with Gasteiger partial charge < -0.3 is 14.8 Å². The van der Waals surface area contributed by atoms with E-state index in [0.29, 0.717) is 10.9 Å². The van der Waals surface area contributed by atoms with Gasteiger partial charge in [0.25, 0.3) is 0 Å². The van der Waals surface area contributed by atoms with Crippen LogP contribution in [0.2, 0.25) is 5.15 Å². The molecular weight excluding hydrogens is 364 g/mol. The lowest BCUT2D eigenvalue weighted by Gasteiger charge is -2.48. The molecule has 0 saturated heterocycles. The van der Waals surface area contributed by atoms with Crippen molar-refractivity contribution in [3.63, 3.8) is 0 Å². The van der Waals surface area contributed by atoms with Gasteiger partial charge in [0, 0.05) is 17.7 Å². The Morgan fingerprint density at radius 3 is 2.52 bits per heavy atom. The number of pyridine rings is 1. The van der Waals surface area contributed by atoms with E-state index in [2.05, 4.69) is 31.1 Å². The molecule has 27 heavy (non-hydrogen) atoms. The second kappa shape index (κ2) is 6.84. The first-order chi connectivity index (χ1) is 12.4.